The van der Waals surface area contributed by atoms with E-state index in [1.165, 1.54) is 0 Å². The van der Waals surface area contributed by atoms with Gasteiger partial charge in [0.05, 0.1) is 0 Å². The van der Waals surface area contributed by atoms with Gasteiger partial charge in [-0.15, -0.1) is 0 Å². The predicted octanol–water partition coefficient (Wildman–Crippen LogP) is 7.99. The highest BCUT2D eigenvalue weighted by molar-refractivity contribution is 5.23. The van der Waals surface area contributed by atoms with E-state index in [1.54, 1.807) is 0 Å². The molecule has 0 amide bonds. The maximum atomic E-state index is 5.30. The van der Waals surface area contributed by atoms with Crippen LogP contribution in [0, 0.1) is 11.8 Å². The fraction of sp³-hybridized carbons (Fsp3) is 0.368. The number of epoxide rings is 4. The van der Waals surface area contributed by atoms with Crippen LogP contribution in [0.15, 0.2) is 121 Å². The van der Waals surface area contributed by atoms with Crippen LogP contribution < -0.4 is 18.9 Å². The number of hydrogen-bond donors (Lipinski definition) is 0. The SMILES string of the molecule is CC(C)C(C)C.c1ccc(OC2CO2)cc1.c1ccc(OC2CO2)cc1.c1ccc(OC2CO2)cc1.c1ccc(OC2CO2)cc1. The second-order valence-electron chi connectivity index (χ2n) is 11.3. The summed E-state index contributed by atoms with van der Waals surface area (Å²) in [7, 11) is 0. The first-order valence-electron chi connectivity index (χ1n) is 15.8. The van der Waals surface area contributed by atoms with Gasteiger partial charge in [-0.1, -0.05) is 100 Å². The molecule has 0 spiro atoms. The summed E-state index contributed by atoms with van der Waals surface area (Å²) in [5, 5.41) is 0. The van der Waals surface area contributed by atoms with E-state index in [0.717, 1.165) is 61.3 Å². The Morgan fingerprint density at radius 3 is 0.674 bits per heavy atom. The molecule has 4 unspecified atom stereocenters. The average molecular weight is 631 g/mol. The van der Waals surface area contributed by atoms with Crippen molar-refractivity contribution in [1.29, 1.82) is 0 Å². The van der Waals surface area contributed by atoms with Crippen molar-refractivity contribution in [3.8, 4) is 23.0 Å². The molecule has 4 fully saturated rings. The predicted molar refractivity (Wildman–Crippen MR) is 177 cm³/mol. The topological polar surface area (TPSA) is 87.0 Å². The molecule has 4 atom stereocenters. The highest BCUT2D eigenvalue weighted by Crippen LogP contribution is 2.19. The molecule has 0 saturated carbocycles. The molecule has 8 heteroatoms. The third-order valence-electron chi connectivity index (χ3n) is 6.59. The molecule has 0 bridgehead atoms. The van der Waals surface area contributed by atoms with Gasteiger partial charge in [0.15, 0.2) is 0 Å². The van der Waals surface area contributed by atoms with Gasteiger partial charge in [0, 0.05) is 0 Å². The molecule has 4 saturated heterocycles. The Hall–Kier alpha value is -4.08. The number of ether oxygens (including phenoxy) is 8. The van der Waals surface area contributed by atoms with Crippen LogP contribution in [0.5, 0.6) is 23.0 Å². The standard InChI is InChI=1S/4C8H8O2.C6H14/c4*1-2-4-7(5-3-1)10-8-6-9-8;1-5(2)6(3)4/h4*1-5,8H,6H2;5-6H,1-4H3. The monoisotopic (exact) mass is 630 g/mol. The molecule has 4 aliphatic heterocycles. The zero-order chi connectivity index (χ0) is 32.4. The Labute approximate surface area is 273 Å². The summed E-state index contributed by atoms with van der Waals surface area (Å²) < 4.78 is 40.8. The first-order valence-corrected chi connectivity index (χ1v) is 15.8. The molecule has 0 N–H and O–H groups in total. The lowest BCUT2D eigenvalue weighted by Gasteiger charge is -2.05. The van der Waals surface area contributed by atoms with Crippen molar-refractivity contribution in [2.24, 2.45) is 11.8 Å². The van der Waals surface area contributed by atoms with Gasteiger partial charge in [0.1, 0.15) is 49.4 Å². The first-order chi connectivity index (χ1) is 22.4. The second-order valence-corrected chi connectivity index (χ2v) is 11.3. The molecule has 4 aromatic rings. The summed E-state index contributed by atoms with van der Waals surface area (Å²) >= 11 is 0. The summed E-state index contributed by atoms with van der Waals surface area (Å²) in [6.07, 6.45) is 0.0644. The van der Waals surface area contributed by atoms with Crippen molar-refractivity contribution in [2.45, 2.75) is 52.9 Å². The Kier molecular flexibility index (Phi) is 14.7. The molecule has 0 aromatic heterocycles. The van der Waals surface area contributed by atoms with Crippen molar-refractivity contribution in [1.82, 2.24) is 0 Å². The van der Waals surface area contributed by atoms with Crippen LogP contribution in [0.4, 0.5) is 0 Å². The summed E-state index contributed by atoms with van der Waals surface area (Å²) in [6, 6.07) is 38.7. The van der Waals surface area contributed by atoms with Crippen LogP contribution in [0.1, 0.15) is 27.7 Å². The minimum absolute atomic E-state index is 0.0161. The molecule has 4 aliphatic rings. The lowest BCUT2D eigenvalue weighted by molar-refractivity contribution is 0.179. The minimum atomic E-state index is 0.0161. The molecular weight excluding hydrogens is 584 g/mol. The third-order valence-corrected chi connectivity index (χ3v) is 6.59. The zero-order valence-corrected chi connectivity index (χ0v) is 27.1. The number of rotatable bonds is 9. The lowest BCUT2D eigenvalue weighted by atomic mass is 10.0. The van der Waals surface area contributed by atoms with Gasteiger partial charge >= 0.3 is 0 Å². The van der Waals surface area contributed by atoms with Crippen LogP contribution in [0.3, 0.4) is 0 Å². The van der Waals surface area contributed by atoms with Crippen LogP contribution in [-0.2, 0) is 18.9 Å². The molecule has 46 heavy (non-hydrogen) atoms. The maximum Gasteiger partial charge on any atom is 0.223 e. The highest BCUT2D eigenvalue weighted by Gasteiger charge is 2.25. The van der Waals surface area contributed by atoms with Gasteiger partial charge in [-0.3, -0.25) is 0 Å². The van der Waals surface area contributed by atoms with Crippen LogP contribution in [-0.4, -0.2) is 51.6 Å². The summed E-state index contributed by atoms with van der Waals surface area (Å²) in [4.78, 5) is 0. The van der Waals surface area contributed by atoms with Gasteiger partial charge in [-0.2, -0.15) is 0 Å². The van der Waals surface area contributed by atoms with E-state index in [4.69, 9.17) is 37.9 Å². The Balaban J connectivity index is 0.000000132. The lowest BCUT2D eigenvalue weighted by Crippen LogP contribution is -1.96. The van der Waals surface area contributed by atoms with Gasteiger partial charge in [0.25, 0.3) is 0 Å². The smallest absolute Gasteiger partial charge is 0.223 e. The normalized spacial score (nSPS) is 20.7. The Morgan fingerprint density at radius 1 is 0.370 bits per heavy atom. The van der Waals surface area contributed by atoms with E-state index in [-0.39, 0.29) is 25.2 Å². The molecule has 4 aromatic carbocycles. The third kappa shape index (κ3) is 16.8. The maximum absolute atomic E-state index is 5.30. The van der Waals surface area contributed by atoms with Gasteiger partial charge < -0.3 is 37.9 Å². The largest absolute Gasteiger partial charge is 0.462 e. The van der Waals surface area contributed by atoms with E-state index >= 15 is 0 Å². The summed E-state index contributed by atoms with van der Waals surface area (Å²) in [5.74, 6) is 5.22. The van der Waals surface area contributed by atoms with Crippen molar-refractivity contribution >= 4 is 0 Å². The van der Waals surface area contributed by atoms with Crippen LogP contribution in [0.2, 0.25) is 0 Å². The van der Waals surface area contributed by atoms with Crippen molar-refractivity contribution in [2.75, 3.05) is 26.4 Å². The fourth-order valence-electron chi connectivity index (χ4n) is 3.03. The zero-order valence-electron chi connectivity index (χ0n) is 27.1. The molecule has 4 heterocycles. The summed E-state index contributed by atoms with van der Waals surface area (Å²) in [6.45, 7) is 11.9. The molecular formula is C38H46O8. The van der Waals surface area contributed by atoms with E-state index < -0.39 is 0 Å². The molecule has 0 radical (unpaired) electrons. The molecule has 0 aliphatic carbocycles. The number of para-hydroxylation sites is 4. The van der Waals surface area contributed by atoms with Gasteiger partial charge in [-0.25, -0.2) is 0 Å². The van der Waals surface area contributed by atoms with E-state index in [9.17, 15) is 0 Å². The van der Waals surface area contributed by atoms with Crippen molar-refractivity contribution < 1.29 is 37.9 Å². The van der Waals surface area contributed by atoms with Crippen LogP contribution >= 0.6 is 0 Å². The van der Waals surface area contributed by atoms with E-state index in [2.05, 4.69) is 27.7 Å². The van der Waals surface area contributed by atoms with Crippen molar-refractivity contribution in [3.63, 3.8) is 0 Å². The minimum Gasteiger partial charge on any atom is -0.462 e. The Morgan fingerprint density at radius 2 is 0.543 bits per heavy atom. The highest BCUT2D eigenvalue weighted by atomic mass is 16.8. The average Bonchev–Trinajstić information content (AvgIpc) is 3.86. The number of hydrogen-bond acceptors (Lipinski definition) is 8. The van der Waals surface area contributed by atoms with Gasteiger partial charge in [-0.05, 0) is 60.4 Å². The van der Waals surface area contributed by atoms with Crippen LogP contribution in [0.25, 0.3) is 0 Å². The van der Waals surface area contributed by atoms with E-state index in [0.29, 0.717) is 0 Å². The number of benzene rings is 4. The second kappa shape index (κ2) is 19.4. The Bertz CT molecular complexity index is 1100. The van der Waals surface area contributed by atoms with E-state index in [1.807, 2.05) is 121 Å². The molecule has 246 valence electrons. The van der Waals surface area contributed by atoms with Gasteiger partial charge in [0.2, 0.25) is 25.2 Å². The quantitative estimate of drug-likeness (QED) is 0.172. The molecule has 8 nitrogen and oxygen atoms in total. The molecule has 8 rings (SSSR count). The first kappa shape index (κ1) is 34.8. The fourth-order valence-corrected chi connectivity index (χ4v) is 3.03. The van der Waals surface area contributed by atoms with Crippen molar-refractivity contribution in [3.05, 3.63) is 121 Å². The summed E-state index contributed by atoms with van der Waals surface area (Å²) in [5.41, 5.74) is 0.